The Morgan fingerprint density at radius 3 is 3.08 bits per heavy atom. The zero-order valence-electron chi connectivity index (χ0n) is 6.66. The van der Waals surface area contributed by atoms with E-state index in [0.29, 0.717) is 5.92 Å². The van der Waals surface area contributed by atoms with Crippen LogP contribution >= 0.6 is 27.3 Å². The van der Waals surface area contributed by atoms with Gasteiger partial charge in [0.05, 0.1) is 0 Å². The average Bonchev–Trinajstić information content (AvgIpc) is 2.63. The second-order valence-corrected chi connectivity index (χ2v) is 4.92. The minimum absolute atomic E-state index is 0.128. The molecule has 0 bridgehead atoms. The molecule has 70 valence electrons. The molecule has 1 fully saturated rings. The number of hydrogen-bond donors (Lipinski definition) is 2. The number of carbonyl (C=O) groups is 1. The van der Waals surface area contributed by atoms with Gasteiger partial charge in [-0.1, -0.05) is 0 Å². The molecule has 1 aromatic rings. The van der Waals surface area contributed by atoms with Gasteiger partial charge in [0.15, 0.2) is 0 Å². The van der Waals surface area contributed by atoms with Gasteiger partial charge < -0.3 is 10.4 Å². The Hall–Kier alpha value is -0.550. The fourth-order valence-corrected chi connectivity index (χ4v) is 2.98. The van der Waals surface area contributed by atoms with E-state index in [0.717, 1.165) is 10.9 Å². The summed E-state index contributed by atoms with van der Waals surface area (Å²) in [4.78, 5) is 11.6. The van der Waals surface area contributed by atoms with Crippen LogP contribution in [0.25, 0.3) is 0 Å². The van der Waals surface area contributed by atoms with Crippen molar-refractivity contribution in [2.75, 3.05) is 0 Å². The first kappa shape index (κ1) is 9.02. The van der Waals surface area contributed by atoms with Crippen LogP contribution in [-0.4, -0.2) is 17.2 Å². The van der Waals surface area contributed by atoms with Crippen LogP contribution in [0.1, 0.15) is 17.2 Å². The molecular formula is C8H8BrNO2S. The van der Waals surface area contributed by atoms with Crippen LogP contribution in [0.15, 0.2) is 15.9 Å². The fraction of sp³-hybridized carbons (Fsp3) is 0.375. The highest BCUT2D eigenvalue weighted by Gasteiger charge is 2.40. The summed E-state index contributed by atoms with van der Waals surface area (Å²) in [5.74, 6) is 0.396. The Bertz CT molecular complexity index is 339. The van der Waals surface area contributed by atoms with Crippen molar-refractivity contribution >= 4 is 33.4 Å². The molecule has 1 aliphatic rings. The molecule has 2 atom stereocenters. The predicted octanol–water partition coefficient (Wildman–Crippen LogP) is 2.63. The topological polar surface area (TPSA) is 49.3 Å². The zero-order chi connectivity index (χ0) is 9.42. The first-order chi connectivity index (χ1) is 6.16. The van der Waals surface area contributed by atoms with Crippen LogP contribution in [0.2, 0.25) is 0 Å². The first-order valence-electron chi connectivity index (χ1n) is 3.90. The Morgan fingerprint density at radius 1 is 1.77 bits per heavy atom. The van der Waals surface area contributed by atoms with Gasteiger partial charge in [0, 0.05) is 26.7 Å². The lowest BCUT2D eigenvalue weighted by atomic mass is 10.3. The van der Waals surface area contributed by atoms with Crippen molar-refractivity contribution in [1.29, 1.82) is 0 Å². The maximum atomic E-state index is 10.3. The second kappa shape index (κ2) is 3.31. The molecule has 0 unspecified atom stereocenters. The van der Waals surface area contributed by atoms with Gasteiger partial charge in [0.25, 0.3) is 0 Å². The molecule has 1 heterocycles. The highest BCUT2D eigenvalue weighted by molar-refractivity contribution is 9.10. The summed E-state index contributed by atoms with van der Waals surface area (Å²) in [6.07, 6.45) is 0.00215. The summed E-state index contributed by atoms with van der Waals surface area (Å²) in [5, 5.41) is 13.0. The molecule has 0 radical (unpaired) electrons. The van der Waals surface area contributed by atoms with Gasteiger partial charge in [-0.15, -0.1) is 11.3 Å². The lowest BCUT2D eigenvalue weighted by Gasteiger charge is -1.96. The van der Waals surface area contributed by atoms with Crippen molar-refractivity contribution in [1.82, 2.24) is 5.32 Å². The molecule has 2 N–H and O–H groups in total. The van der Waals surface area contributed by atoms with Crippen molar-refractivity contribution < 1.29 is 9.90 Å². The van der Waals surface area contributed by atoms with Crippen molar-refractivity contribution in [2.24, 2.45) is 0 Å². The summed E-state index contributed by atoms with van der Waals surface area (Å²) < 4.78 is 1.08. The van der Waals surface area contributed by atoms with E-state index in [2.05, 4.69) is 27.3 Å². The number of thiophene rings is 1. The molecule has 0 aliphatic heterocycles. The summed E-state index contributed by atoms with van der Waals surface area (Å²) in [6.45, 7) is 0. The third-order valence-corrected chi connectivity index (χ3v) is 3.88. The second-order valence-electron chi connectivity index (χ2n) is 3.07. The Morgan fingerprint density at radius 2 is 2.54 bits per heavy atom. The monoisotopic (exact) mass is 261 g/mol. The van der Waals surface area contributed by atoms with Crippen molar-refractivity contribution in [3.63, 3.8) is 0 Å². The van der Waals surface area contributed by atoms with Crippen molar-refractivity contribution in [3.05, 3.63) is 20.8 Å². The van der Waals surface area contributed by atoms with Gasteiger partial charge in [0.2, 0.25) is 0 Å². The number of carboxylic acid groups (broad SMARTS) is 1. The quantitative estimate of drug-likeness (QED) is 0.860. The average molecular weight is 262 g/mol. The molecule has 1 saturated carbocycles. The molecular weight excluding hydrogens is 254 g/mol. The lowest BCUT2D eigenvalue weighted by molar-refractivity contribution is 0.193. The normalized spacial score (nSPS) is 25.6. The fourth-order valence-electron chi connectivity index (χ4n) is 1.35. The SMILES string of the molecule is O=C(O)N[C@@H]1C[C@H]1c1cc(Br)cs1. The first-order valence-corrected chi connectivity index (χ1v) is 5.57. The number of rotatable bonds is 2. The third kappa shape index (κ3) is 2.03. The van der Waals surface area contributed by atoms with Crippen LogP contribution in [0.3, 0.4) is 0 Å². The van der Waals surface area contributed by atoms with E-state index in [1.807, 2.05) is 5.38 Å². The van der Waals surface area contributed by atoms with E-state index in [9.17, 15) is 4.79 Å². The molecule has 0 saturated heterocycles. The number of amides is 1. The number of hydrogen-bond acceptors (Lipinski definition) is 2. The highest BCUT2D eigenvalue weighted by Crippen LogP contribution is 2.44. The summed E-state index contributed by atoms with van der Waals surface area (Å²) >= 11 is 5.04. The van der Waals surface area contributed by atoms with Crippen molar-refractivity contribution in [3.8, 4) is 0 Å². The van der Waals surface area contributed by atoms with Crippen LogP contribution in [0, 0.1) is 0 Å². The molecule has 1 aliphatic carbocycles. The number of nitrogens with one attached hydrogen (secondary N) is 1. The van der Waals surface area contributed by atoms with Crippen LogP contribution in [-0.2, 0) is 0 Å². The zero-order valence-corrected chi connectivity index (χ0v) is 9.06. The maximum Gasteiger partial charge on any atom is 0.404 e. The number of halogens is 1. The third-order valence-electron chi connectivity index (χ3n) is 2.05. The summed E-state index contributed by atoms with van der Waals surface area (Å²) in [5.41, 5.74) is 0. The minimum atomic E-state index is -0.928. The van der Waals surface area contributed by atoms with Crippen LogP contribution in [0.5, 0.6) is 0 Å². The predicted molar refractivity (Wildman–Crippen MR) is 54.3 cm³/mol. The minimum Gasteiger partial charge on any atom is -0.465 e. The molecule has 1 aromatic heterocycles. The Labute approximate surface area is 87.9 Å². The van der Waals surface area contributed by atoms with Gasteiger partial charge in [-0.05, 0) is 28.4 Å². The van der Waals surface area contributed by atoms with Gasteiger partial charge in [-0.3, -0.25) is 0 Å². The van der Waals surface area contributed by atoms with E-state index < -0.39 is 6.09 Å². The van der Waals surface area contributed by atoms with Gasteiger partial charge in [-0.2, -0.15) is 0 Å². The molecule has 3 nitrogen and oxygen atoms in total. The smallest absolute Gasteiger partial charge is 0.404 e. The molecule has 0 spiro atoms. The van der Waals surface area contributed by atoms with E-state index in [4.69, 9.17) is 5.11 Å². The summed E-state index contributed by atoms with van der Waals surface area (Å²) in [7, 11) is 0. The standard InChI is InChI=1S/C8H8BrNO2S/c9-4-1-7(13-3-4)5-2-6(5)10-8(11)12/h1,3,5-6,10H,2H2,(H,11,12)/t5-,6-/m1/s1. The van der Waals surface area contributed by atoms with Gasteiger partial charge in [0.1, 0.15) is 0 Å². The molecule has 13 heavy (non-hydrogen) atoms. The Kier molecular flexibility index (Phi) is 2.29. The van der Waals surface area contributed by atoms with E-state index in [-0.39, 0.29) is 6.04 Å². The lowest BCUT2D eigenvalue weighted by Crippen LogP contribution is -2.23. The van der Waals surface area contributed by atoms with E-state index >= 15 is 0 Å². The highest BCUT2D eigenvalue weighted by atomic mass is 79.9. The Balaban J connectivity index is 1.96. The molecule has 1 amide bonds. The van der Waals surface area contributed by atoms with E-state index in [1.54, 1.807) is 11.3 Å². The van der Waals surface area contributed by atoms with Crippen LogP contribution < -0.4 is 5.32 Å². The maximum absolute atomic E-state index is 10.3. The van der Waals surface area contributed by atoms with Gasteiger partial charge >= 0.3 is 6.09 Å². The summed E-state index contributed by atoms with van der Waals surface area (Å²) in [6, 6.07) is 2.18. The van der Waals surface area contributed by atoms with Crippen molar-refractivity contribution in [2.45, 2.75) is 18.4 Å². The van der Waals surface area contributed by atoms with Gasteiger partial charge in [-0.25, -0.2) is 4.79 Å². The molecule has 0 aromatic carbocycles. The van der Waals surface area contributed by atoms with E-state index in [1.165, 1.54) is 4.88 Å². The van der Waals surface area contributed by atoms with Crippen LogP contribution in [0.4, 0.5) is 4.79 Å². The molecule has 5 heteroatoms. The largest absolute Gasteiger partial charge is 0.465 e. The molecule has 2 rings (SSSR count).